The molecule has 0 aliphatic carbocycles. The van der Waals surface area contributed by atoms with Crippen molar-refractivity contribution in [2.24, 2.45) is 5.73 Å². The van der Waals surface area contributed by atoms with Gasteiger partial charge in [-0.1, -0.05) is 17.7 Å². The standard InChI is InChI=1S/C16H14F3NO/c1-8-2-3-14-10(4-8)13(20)7-15(21-14)9-5-11(17)16(19)12(18)6-9/h2-6,13,15H,7,20H2,1H3/t13-,15?/m1/s1. The summed E-state index contributed by atoms with van der Waals surface area (Å²) in [4.78, 5) is 0. The maximum absolute atomic E-state index is 13.3. The van der Waals surface area contributed by atoms with Gasteiger partial charge < -0.3 is 10.5 Å². The molecule has 0 aromatic heterocycles. The van der Waals surface area contributed by atoms with Crippen molar-refractivity contribution in [3.05, 3.63) is 64.5 Å². The maximum Gasteiger partial charge on any atom is 0.194 e. The van der Waals surface area contributed by atoms with E-state index < -0.39 is 23.6 Å². The second-order valence-corrected chi connectivity index (χ2v) is 5.29. The van der Waals surface area contributed by atoms with Gasteiger partial charge in [0.05, 0.1) is 0 Å². The third kappa shape index (κ3) is 2.49. The molecule has 1 aliphatic rings. The monoisotopic (exact) mass is 293 g/mol. The fourth-order valence-electron chi connectivity index (χ4n) is 2.59. The third-order valence-electron chi connectivity index (χ3n) is 3.68. The van der Waals surface area contributed by atoms with Gasteiger partial charge >= 0.3 is 0 Å². The Bertz CT molecular complexity index is 679. The summed E-state index contributed by atoms with van der Waals surface area (Å²) in [5.74, 6) is -3.34. The van der Waals surface area contributed by atoms with E-state index in [2.05, 4.69) is 0 Å². The predicted octanol–water partition coefficient (Wildman–Crippen LogP) is 3.94. The summed E-state index contributed by atoms with van der Waals surface area (Å²) in [5.41, 5.74) is 8.28. The molecule has 0 radical (unpaired) electrons. The molecule has 2 aromatic carbocycles. The van der Waals surface area contributed by atoms with Crippen LogP contribution in [0.2, 0.25) is 0 Å². The molecule has 0 spiro atoms. The third-order valence-corrected chi connectivity index (χ3v) is 3.68. The fourth-order valence-corrected chi connectivity index (χ4v) is 2.59. The largest absolute Gasteiger partial charge is 0.485 e. The molecule has 0 bridgehead atoms. The van der Waals surface area contributed by atoms with Crippen LogP contribution in [0.15, 0.2) is 30.3 Å². The molecule has 2 aromatic rings. The molecule has 1 heterocycles. The molecule has 0 saturated heterocycles. The van der Waals surface area contributed by atoms with Crippen LogP contribution in [0.4, 0.5) is 13.2 Å². The molecular formula is C16H14F3NO. The van der Waals surface area contributed by atoms with E-state index in [0.29, 0.717) is 12.2 Å². The number of nitrogens with two attached hydrogens (primary N) is 1. The molecule has 3 rings (SSSR count). The zero-order valence-electron chi connectivity index (χ0n) is 11.4. The lowest BCUT2D eigenvalue weighted by atomic mass is 9.92. The molecular weight excluding hydrogens is 279 g/mol. The predicted molar refractivity (Wildman–Crippen MR) is 72.4 cm³/mol. The number of halogens is 3. The van der Waals surface area contributed by atoms with Crippen molar-refractivity contribution in [2.75, 3.05) is 0 Å². The Balaban J connectivity index is 1.98. The number of ether oxygens (including phenoxy) is 1. The quantitative estimate of drug-likeness (QED) is 0.808. The number of hydrogen-bond acceptors (Lipinski definition) is 2. The van der Waals surface area contributed by atoms with Gasteiger partial charge in [-0.15, -0.1) is 0 Å². The van der Waals surface area contributed by atoms with E-state index in [9.17, 15) is 13.2 Å². The Morgan fingerprint density at radius 2 is 1.76 bits per heavy atom. The Labute approximate surface area is 120 Å². The van der Waals surface area contributed by atoms with Gasteiger partial charge in [-0.3, -0.25) is 0 Å². The van der Waals surface area contributed by atoms with Crippen molar-refractivity contribution in [2.45, 2.75) is 25.5 Å². The summed E-state index contributed by atoms with van der Waals surface area (Å²) in [7, 11) is 0. The Morgan fingerprint density at radius 1 is 1.10 bits per heavy atom. The van der Waals surface area contributed by atoms with E-state index in [4.69, 9.17) is 10.5 Å². The number of hydrogen-bond donors (Lipinski definition) is 1. The zero-order valence-corrected chi connectivity index (χ0v) is 11.4. The van der Waals surface area contributed by atoms with E-state index in [1.165, 1.54) is 0 Å². The summed E-state index contributed by atoms with van der Waals surface area (Å²) in [5, 5.41) is 0. The van der Waals surface area contributed by atoms with E-state index >= 15 is 0 Å². The highest BCUT2D eigenvalue weighted by molar-refractivity contribution is 5.41. The minimum atomic E-state index is -1.48. The molecule has 0 saturated carbocycles. The summed E-state index contributed by atoms with van der Waals surface area (Å²) >= 11 is 0. The SMILES string of the molecule is Cc1ccc2c(c1)[C@H](N)CC(c1cc(F)c(F)c(F)c1)O2. The molecule has 1 unspecified atom stereocenters. The first-order chi connectivity index (χ1) is 9.95. The average Bonchev–Trinajstić information content (AvgIpc) is 2.44. The molecule has 5 heteroatoms. The fraction of sp³-hybridized carbons (Fsp3) is 0.250. The molecule has 21 heavy (non-hydrogen) atoms. The number of aryl methyl sites for hydroxylation is 1. The van der Waals surface area contributed by atoms with Crippen LogP contribution < -0.4 is 10.5 Å². The molecule has 110 valence electrons. The van der Waals surface area contributed by atoms with E-state index in [1.807, 2.05) is 19.1 Å². The Hall–Kier alpha value is -2.01. The number of fused-ring (bicyclic) bond motifs is 1. The highest BCUT2D eigenvalue weighted by atomic mass is 19.2. The van der Waals surface area contributed by atoms with Crippen molar-refractivity contribution >= 4 is 0 Å². The van der Waals surface area contributed by atoms with Gasteiger partial charge in [0.15, 0.2) is 17.5 Å². The summed E-state index contributed by atoms with van der Waals surface area (Å²) < 4.78 is 45.5. The van der Waals surface area contributed by atoms with Crippen LogP contribution >= 0.6 is 0 Å². The minimum Gasteiger partial charge on any atom is -0.485 e. The molecule has 2 N–H and O–H groups in total. The van der Waals surface area contributed by atoms with Crippen LogP contribution in [-0.2, 0) is 0 Å². The average molecular weight is 293 g/mol. The molecule has 2 nitrogen and oxygen atoms in total. The van der Waals surface area contributed by atoms with Crippen molar-refractivity contribution < 1.29 is 17.9 Å². The minimum absolute atomic E-state index is 0.244. The van der Waals surface area contributed by atoms with Gasteiger partial charge in [0.25, 0.3) is 0 Å². The molecule has 1 aliphatic heterocycles. The summed E-state index contributed by atoms with van der Waals surface area (Å²) in [6, 6.07) is 7.20. The van der Waals surface area contributed by atoms with Crippen LogP contribution in [0.5, 0.6) is 5.75 Å². The first kappa shape index (κ1) is 13.9. The van der Waals surface area contributed by atoms with Gasteiger partial charge in [0.1, 0.15) is 11.9 Å². The van der Waals surface area contributed by atoms with Gasteiger partial charge in [-0.2, -0.15) is 0 Å². The van der Waals surface area contributed by atoms with Crippen molar-refractivity contribution in [3.63, 3.8) is 0 Å². The van der Waals surface area contributed by atoms with Gasteiger partial charge in [0.2, 0.25) is 0 Å². The lowest BCUT2D eigenvalue weighted by Gasteiger charge is -2.31. The molecule has 0 fully saturated rings. The van der Waals surface area contributed by atoms with E-state index in [1.54, 1.807) is 6.07 Å². The van der Waals surface area contributed by atoms with E-state index in [-0.39, 0.29) is 11.6 Å². The maximum atomic E-state index is 13.3. The van der Waals surface area contributed by atoms with Crippen molar-refractivity contribution in [1.82, 2.24) is 0 Å². The smallest absolute Gasteiger partial charge is 0.194 e. The first-order valence-corrected chi connectivity index (χ1v) is 6.63. The van der Waals surface area contributed by atoms with Gasteiger partial charge in [-0.05, 0) is 30.7 Å². The van der Waals surface area contributed by atoms with Gasteiger partial charge in [-0.25, -0.2) is 13.2 Å². The molecule has 2 atom stereocenters. The molecule has 0 amide bonds. The topological polar surface area (TPSA) is 35.2 Å². The van der Waals surface area contributed by atoms with Crippen LogP contribution in [0, 0.1) is 24.4 Å². The Kier molecular flexibility index (Phi) is 3.37. The van der Waals surface area contributed by atoms with Crippen molar-refractivity contribution in [1.29, 1.82) is 0 Å². The Morgan fingerprint density at radius 3 is 2.43 bits per heavy atom. The number of benzene rings is 2. The van der Waals surface area contributed by atoms with Gasteiger partial charge in [0, 0.05) is 18.0 Å². The summed E-state index contributed by atoms with van der Waals surface area (Å²) in [6.07, 6.45) is -0.221. The van der Waals surface area contributed by atoms with Crippen LogP contribution in [0.1, 0.15) is 35.3 Å². The highest BCUT2D eigenvalue weighted by Crippen LogP contribution is 2.40. The van der Waals surface area contributed by atoms with Crippen LogP contribution in [0.3, 0.4) is 0 Å². The van der Waals surface area contributed by atoms with Crippen molar-refractivity contribution in [3.8, 4) is 5.75 Å². The van der Waals surface area contributed by atoms with Crippen LogP contribution in [0.25, 0.3) is 0 Å². The lowest BCUT2D eigenvalue weighted by molar-refractivity contribution is 0.160. The van der Waals surface area contributed by atoms with E-state index in [0.717, 1.165) is 23.3 Å². The zero-order chi connectivity index (χ0) is 15.1. The first-order valence-electron chi connectivity index (χ1n) is 6.63. The lowest BCUT2D eigenvalue weighted by Crippen LogP contribution is -2.24. The number of rotatable bonds is 1. The normalized spacial score (nSPS) is 20.8. The highest BCUT2D eigenvalue weighted by Gasteiger charge is 2.28. The second-order valence-electron chi connectivity index (χ2n) is 5.29. The van der Waals surface area contributed by atoms with Crippen LogP contribution in [-0.4, -0.2) is 0 Å². The second kappa shape index (κ2) is 5.07. The summed E-state index contributed by atoms with van der Waals surface area (Å²) in [6.45, 7) is 1.95.